The van der Waals surface area contributed by atoms with Gasteiger partial charge in [0, 0.05) is 24.2 Å². The number of hydrogen-bond acceptors (Lipinski definition) is 2. The first-order valence-electron chi connectivity index (χ1n) is 4.62. The number of hydrogen-bond donors (Lipinski definition) is 1. The molecule has 0 aromatic heterocycles. The van der Waals surface area contributed by atoms with E-state index in [0.717, 1.165) is 6.07 Å². The molecule has 1 N–H and O–H groups in total. The van der Waals surface area contributed by atoms with Crippen molar-refractivity contribution in [1.29, 1.82) is 0 Å². The van der Waals surface area contributed by atoms with E-state index in [0.29, 0.717) is 24.7 Å². The minimum Gasteiger partial charge on any atom is -0.396 e. The fourth-order valence-corrected chi connectivity index (χ4v) is 1.07. The third kappa shape index (κ3) is 3.53. The molecule has 2 nitrogen and oxygen atoms in total. The molecule has 0 fully saturated rings. The van der Waals surface area contributed by atoms with Gasteiger partial charge in [-0.05, 0) is 24.6 Å². The van der Waals surface area contributed by atoms with Gasteiger partial charge in [0.15, 0.2) is 6.29 Å². The van der Waals surface area contributed by atoms with E-state index in [9.17, 15) is 9.18 Å². The number of carbonyl (C=O) groups is 1. The highest BCUT2D eigenvalue weighted by atomic mass is 19.1. The summed E-state index contributed by atoms with van der Waals surface area (Å²) in [6.07, 6.45) is 1.75. The third-order valence-corrected chi connectivity index (χ3v) is 1.82. The highest BCUT2D eigenvalue weighted by molar-refractivity contribution is 5.79. The highest BCUT2D eigenvalue weighted by Crippen LogP contribution is 2.07. The molecule has 15 heavy (non-hydrogen) atoms. The van der Waals surface area contributed by atoms with E-state index >= 15 is 0 Å². The van der Waals surface area contributed by atoms with Crippen molar-refractivity contribution in [2.75, 3.05) is 6.61 Å². The van der Waals surface area contributed by atoms with Crippen LogP contribution in [0.25, 0.3) is 0 Å². The van der Waals surface area contributed by atoms with Crippen molar-refractivity contribution >= 4 is 6.29 Å². The first kappa shape index (κ1) is 11.4. The SMILES string of the molecule is O=Cc1cc(F)ccc1C#CCCCO. The van der Waals surface area contributed by atoms with Crippen LogP contribution >= 0.6 is 0 Å². The molecule has 1 aromatic rings. The summed E-state index contributed by atoms with van der Waals surface area (Å²) in [6, 6.07) is 3.90. The summed E-state index contributed by atoms with van der Waals surface area (Å²) in [7, 11) is 0. The van der Waals surface area contributed by atoms with Crippen LogP contribution in [0.1, 0.15) is 28.8 Å². The molecule has 0 amide bonds. The fraction of sp³-hybridized carbons (Fsp3) is 0.250. The molecule has 0 aliphatic heterocycles. The van der Waals surface area contributed by atoms with E-state index in [1.54, 1.807) is 0 Å². The Balaban J connectivity index is 2.83. The molecule has 0 saturated carbocycles. The number of benzene rings is 1. The average Bonchev–Trinajstić information content (AvgIpc) is 2.26. The zero-order valence-electron chi connectivity index (χ0n) is 8.16. The minimum absolute atomic E-state index is 0.0959. The van der Waals surface area contributed by atoms with Crippen LogP contribution in [0.2, 0.25) is 0 Å². The van der Waals surface area contributed by atoms with Gasteiger partial charge in [0.05, 0.1) is 0 Å². The molecule has 0 heterocycles. The van der Waals surface area contributed by atoms with Crippen LogP contribution in [0.4, 0.5) is 4.39 Å². The van der Waals surface area contributed by atoms with Gasteiger partial charge in [-0.2, -0.15) is 0 Å². The maximum Gasteiger partial charge on any atom is 0.151 e. The van der Waals surface area contributed by atoms with Crippen molar-refractivity contribution in [1.82, 2.24) is 0 Å². The number of rotatable bonds is 3. The summed E-state index contributed by atoms with van der Waals surface area (Å²) in [5.74, 6) is 5.13. The van der Waals surface area contributed by atoms with Crippen molar-refractivity contribution < 1.29 is 14.3 Å². The summed E-state index contributed by atoms with van der Waals surface area (Å²) < 4.78 is 12.7. The Morgan fingerprint density at radius 3 is 2.93 bits per heavy atom. The summed E-state index contributed by atoms with van der Waals surface area (Å²) >= 11 is 0. The first-order chi connectivity index (χ1) is 7.27. The van der Waals surface area contributed by atoms with Gasteiger partial charge in [-0.1, -0.05) is 11.8 Å². The molecular weight excluding hydrogens is 195 g/mol. The van der Waals surface area contributed by atoms with Crippen molar-refractivity contribution in [3.8, 4) is 11.8 Å². The van der Waals surface area contributed by atoms with E-state index in [4.69, 9.17) is 5.11 Å². The lowest BCUT2D eigenvalue weighted by Gasteiger charge is -1.95. The zero-order chi connectivity index (χ0) is 11.1. The molecule has 0 atom stereocenters. The van der Waals surface area contributed by atoms with Crippen molar-refractivity contribution in [2.45, 2.75) is 12.8 Å². The van der Waals surface area contributed by atoms with Gasteiger partial charge >= 0.3 is 0 Å². The lowest BCUT2D eigenvalue weighted by atomic mass is 10.1. The number of carbonyl (C=O) groups excluding carboxylic acids is 1. The van der Waals surface area contributed by atoms with Crippen LogP contribution in [-0.2, 0) is 0 Å². The smallest absolute Gasteiger partial charge is 0.151 e. The Hall–Kier alpha value is -1.66. The second kappa shape index (κ2) is 5.94. The molecule has 1 aromatic carbocycles. The van der Waals surface area contributed by atoms with E-state index in [-0.39, 0.29) is 12.2 Å². The van der Waals surface area contributed by atoms with E-state index in [2.05, 4.69) is 11.8 Å². The molecule has 0 unspecified atom stereocenters. The fourth-order valence-electron chi connectivity index (χ4n) is 1.07. The van der Waals surface area contributed by atoms with Gasteiger partial charge in [-0.15, -0.1) is 0 Å². The van der Waals surface area contributed by atoms with Crippen LogP contribution in [0.15, 0.2) is 18.2 Å². The largest absolute Gasteiger partial charge is 0.396 e. The average molecular weight is 206 g/mol. The Kier molecular flexibility index (Phi) is 4.52. The molecule has 0 spiro atoms. The van der Waals surface area contributed by atoms with Gasteiger partial charge in [-0.25, -0.2) is 4.39 Å². The molecule has 0 radical (unpaired) electrons. The molecule has 3 heteroatoms. The predicted octanol–water partition coefficient (Wildman–Crippen LogP) is 1.76. The monoisotopic (exact) mass is 206 g/mol. The van der Waals surface area contributed by atoms with Gasteiger partial charge in [0.1, 0.15) is 5.82 Å². The maximum absolute atomic E-state index is 12.7. The first-order valence-corrected chi connectivity index (χ1v) is 4.62. The number of halogens is 1. The second-order valence-electron chi connectivity index (χ2n) is 2.98. The molecule has 1 rings (SSSR count). The Morgan fingerprint density at radius 2 is 2.27 bits per heavy atom. The minimum atomic E-state index is -0.446. The van der Waals surface area contributed by atoms with Gasteiger partial charge < -0.3 is 5.11 Å². The third-order valence-electron chi connectivity index (χ3n) is 1.82. The van der Waals surface area contributed by atoms with E-state index < -0.39 is 5.82 Å². The van der Waals surface area contributed by atoms with Gasteiger partial charge in [-0.3, -0.25) is 4.79 Å². The molecule has 0 aliphatic carbocycles. The van der Waals surface area contributed by atoms with Crippen LogP contribution in [0.5, 0.6) is 0 Å². The summed E-state index contributed by atoms with van der Waals surface area (Å²) in [6.45, 7) is 0.0959. The van der Waals surface area contributed by atoms with Crippen molar-refractivity contribution in [2.24, 2.45) is 0 Å². The topological polar surface area (TPSA) is 37.3 Å². The molecule has 0 saturated heterocycles. The second-order valence-corrected chi connectivity index (χ2v) is 2.98. The van der Waals surface area contributed by atoms with Gasteiger partial charge in [0.2, 0.25) is 0 Å². The van der Waals surface area contributed by atoms with Crippen LogP contribution in [0, 0.1) is 17.7 Å². The lowest BCUT2D eigenvalue weighted by Crippen LogP contribution is -1.89. The van der Waals surface area contributed by atoms with Crippen LogP contribution < -0.4 is 0 Å². The Morgan fingerprint density at radius 1 is 1.47 bits per heavy atom. The van der Waals surface area contributed by atoms with E-state index in [1.165, 1.54) is 12.1 Å². The number of aliphatic hydroxyl groups is 1. The molecular formula is C12H11FO2. The highest BCUT2D eigenvalue weighted by Gasteiger charge is 1.99. The van der Waals surface area contributed by atoms with Crippen LogP contribution in [-0.4, -0.2) is 18.0 Å². The Labute approximate surface area is 87.7 Å². The summed E-state index contributed by atoms with van der Waals surface area (Å²) in [5, 5.41) is 8.53. The standard InChI is InChI=1S/C12H11FO2/c13-12-6-5-10(11(8-12)9-15)4-2-1-3-7-14/h5-6,8-9,14H,1,3,7H2. The predicted molar refractivity (Wildman–Crippen MR) is 55.0 cm³/mol. The molecule has 78 valence electrons. The maximum atomic E-state index is 12.7. The number of aldehydes is 1. The molecule has 0 aliphatic rings. The number of aliphatic hydroxyl groups excluding tert-OH is 1. The van der Waals surface area contributed by atoms with E-state index in [1.807, 2.05) is 0 Å². The van der Waals surface area contributed by atoms with Crippen LogP contribution in [0.3, 0.4) is 0 Å². The molecule has 0 bridgehead atoms. The van der Waals surface area contributed by atoms with Crippen molar-refractivity contribution in [3.63, 3.8) is 0 Å². The number of unbranched alkanes of at least 4 members (excludes halogenated alkanes) is 1. The summed E-state index contributed by atoms with van der Waals surface area (Å²) in [4.78, 5) is 10.6. The van der Waals surface area contributed by atoms with Crippen molar-refractivity contribution in [3.05, 3.63) is 35.1 Å². The lowest BCUT2D eigenvalue weighted by molar-refractivity contribution is 0.112. The normalized spacial score (nSPS) is 9.20. The Bertz CT molecular complexity index is 402. The van der Waals surface area contributed by atoms with Gasteiger partial charge in [0.25, 0.3) is 0 Å². The zero-order valence-corrected chi connectivity index (χ0v) is 8.16. The quantitative estimate of drug-likeness (QED) is 0.465. The summed E-state index contributed by atoms with van der Waals surface area (Å²) in [5.41, 5.74) is 0.774.